The number of halogens is 3. The number of pyridine rings is 2. The van der Waals surface area contributed by atoms with Crippen LogP contribution in [0.4, 0.5) is 13.2 Å². The Morgan fingerprint density at radius 3 is 2.58 bits per heavy atom. The van der Waals surface area contributed by atoms with Gasteiger partial charge in [-0.2, -0.15) is 0 Å². The monoisotopic (exact) mass is 622 g/mol. The number of aryl methyl sites for hydroxylation is 1. The predicted octanol–water partition coefficient (Wildman–Crippen LogP) is 4.97. The number of benzene rings is 2. The lowest BCUT2D eigenvalue weighted by Crippen LogP contribution is -2.40. The number of aromatic hydroxyl groups is 2. The highest BCUT2D eigenvalue weighted by Gasteiger charge is 2.45. The van der Waals surface area contributed by atoms with Gasteiger partial charge in [-0.3, -0.25) is 14.6 Å². The number of phenolic OH excluding ortho intramolecular Hbond substituents is 2. The molecule has 2 aromatic carbocycles. The zero-order valence-corrected chi connectivity index (χ0v) is 24.2. The summed E-state index contributed by atoms with van der Waals surface area (Å²) in [5, 5.41) is 23.2. The van der Waals surface area contributed by atoms with Gasteiger partial charge in [0.05, 0.1) is 0 Å². The molecule has 2 amide bonds. The van der Waals surface area contributed by atoms with Crippen molar-refractivity contribution in [3.8, 4) is 34.3 Å². The van der Waals surface area contributed by atoms with Crippen LogP contribution in [0.3, 0.4) is 0 Å². The van der Waals surface area contributed by atoms with E-state index in [-0.39, 0.29) is 47.6 Å². The fraction of sp³-hybridized carbons (Fsp3) is 0.312. The van der Waals surface area contributed by atoms with Gasteiger partial charge in [0, 0.05) is 46.4 Å². The van der Waals surface area contributed by atoms with Crippen molar-refractivity contribution in [2.24, 2.45) is 11.7 Å². The Morgan fingerprint density at radius 2 is 1.91 bits per heavy atom. The minimum absolute atomic E-state index is 0.0245. The van der Waals surface area contributed by atoms with Crippen molar-refractivity contribution in [2.45, 2.75) is 44.4 Å². The van der Waals surface area contributed by atoms with Crippen molar-refractivity contribution >= 4 is 22.7 Å². The number of hydrogen-bond acceptors (Lipinski definition) is 8. The number of nitrogens with one attached hydrogen (secondary N) is 1. The Bertz CT molecular complexity index is 1860. The minimum Gasteiger partial charge on any atom is -0.504 e. The molecule has 1 fully saturated rings. The molecule has 3 heterocycles. The van der Waals surface area contributed by atoms with Crippen molar-refractivity contribution in [1.82, 2.24) is 15.3 Å². The number of ether oxygens (including phenoxy) is 2. The average Bonchev–Trinajstić information content (AvgIpc) is 3.75. The second-order valence-corrected chi connectivity index (χ2v) is 11.7. The molecule has 45 heavy (non-hydrogen) atoms. The van der Waals surface area contributed by atoms with Crippen LogP contribution < -0.4 is 20.5 Å². The molecule has 6 rings (SSSR count). The molecule has 2 aromatic heterocycles. The van der Waals surface area contributed by atoms with Gasteiger partial charge in [-0.25, -0.2) is 4.98 Å². The fourth-order valence-corrected chi connectivity index (χ4v) is 5.64. The largest absolute Gasteiger partial charge is 0.573 e. The van der Waals surface area contributed by atoms with E-state index in [9.17, 15) is 33.0 Å². The molecule has 0 saturated heterocycles. The van der Waals surface area contributed by atoms with Gasteiger partial charge in [0.25, 0.3) is 5.91 Å². The van der Waals surface area contributed by atoms with Crippen molar-refractivity contribution in [1.29, 1.82) is 0 Å². The third-order valence-corrected chi connectivity index (χ3v) is 8.31. The van der Waals surface area contributed by atoms with Gasteiger partial charge in [0.2, 0.25) is 5.91 Å². The summed E-state index contributed by atoms with van der Waals surface area (Å²) in [6, 6.07) is 10.0. The Kier molecular flexibility index (Phi) is 7.21. The molecule has 2 aliphatic rings. The summed E-state index contributed by atoms with van der Waals surface area (Å²) in [7, 11) is 0. The normalized spacial score (nSPS) is 18.2. The molecule has 1 saturated carbocycles. The van der Waals surface area contributed by atoms with Gasteiger partial charge < -0.3 is 30.7 Å². The van der Waals surface area contributed by atoms with Crippen LogP contribution in [0.15, 0.2) is 48.7 Å². The lowest BCUT2D eigenvalue weighted by molar-refractivity contribution is -0.274. The Balaban J connectivity index is 1.36. The molecule has 0 radical (unpaired) electrons. The van der Waals surface area contributed by atoms with Crippen LogP contribution in [0.2, 0.25) is 0 Å². The molecular weight excluding hydrogens is 593 g/mol. The number of hydrogen-bond donors (Lipinski definition) is 4. The number of phenols is 2. The number of amides is 2. The maximum absolute atomic E-state index is 13.4. The van der Waals surface area contributed by atoms with E-state index in [0.29, 0.717) is 39.2 Å². The van der Waals surface area contributed by atoms with Crippen molar-refractivity contribution in [3.05, 3.63) is 71.0 Å². The standard InChI is InChI=1S/C32H29F3N4O6/c1-15-7-18-8-19(10-25(26(18)37-12-15)45-32(33,34)35)29(42)38-13-20(16-3-4-16)22-11-21-28(44-14-31(21,2)30(36)43)27(39-22)17-5-6-23(40)24(41)9-17/h5-12,16,20,40-41H,3-4,13-14H2,1-2H3,(H2,36,43)(H,38,42)/t20-,31-/m0/s1. The first-order valence-corrected chi connectivity index (χ1v) is 14.2. The molecule has 5 N–H and O–H groups in total. The maximum atomic E-state index is 13.4. The molecule has 13 heteroatoms. The van der Waals surface area contributed by atoms with Crippen LogP contribution in [-0.2, 0) is 10.2 Å². The molecular formula is C32H29F3N4O6. The smallest absolute Gasteiger partial charge is 0.504 e. The van der Waals surface area contributed by atoms with Gasteiger partial charge in [-0.15, -0.1) is 13.2 Å². The third kappa shape index (κ3) is 5.77. The number of alkyl halides is 3. The van der Waals surface area contributed by atoms with Gasteiger partial charge in [-0.1, -0.05) is 0 Å². The number of carbonyl (C=O) groups is 2. The Labute approximate surface area is 255 Å². The summed E-state index contributed by atoms with van der Waals surface area (Å²) in [5.74, 6) is -2.39. The van der Waals surface area contributed by atoms with E-state index >= 15 is 0 Å². The Hall–Kier alpha value is -5.07. The quantitative estimate of drug-likeness (QED) is 0.201. The molecule has 0 spiro atoms. The SMILES string of the molecule is Cc1cnc2c(OC(F)(F)F)cc(C(=O)NC[C@H](c3cc4c(c(-c5ccc(O)c(O)c5)n3)OC[C@]4(C)C(N)=O)C3CC3)cc2c1. The molecule has 0 bridgehead atoms. The average molecular weight is 623 g/mol. The van der Waals surface area contributed by atoms with Crippen LogP contribution in [0, 0.1) is 12.8 Å². The lowest BCUT2D eigenvalue weighted by atomic mass is 9.82. The number of aromatic nitrogens is 2. The van der Waals surface area contributed by atoms with E-state index in [1.807, 2.05) is 0 Å². The summed E-state index contributed by atoms with van der Waals surface area (Å²) in [6.45, 7) is 3.45. The van der Waals surface area contributed by atoms with E-state index in [0.717, 1.165) is 18.9 Å². The van der Waals surface area contributed by atoms with E-state index in [4.69, 9.17) is 15.5 Å². The second-order valence-electron chi connectivity index (χ2n) is 11.7. The molecule has 234 valence electrons. The highest BCUT2D eigenvalue weighted by Crippen LogP contribution is 2.49. The summed E-state index contributed by atoms with van der Waals surface area (Å²) >= 11 is 0. The van der Waals surface area contributed by atoms with Crippen LogP contribution in [0.5, 0.6) is 23.0 Å². The van der Waals surface area contributed by atoms with E-state index in [1.54, 1.807) is 32.0 Å². The first-order chi connectivity index (χ1) is 21.2. The van der Waals surface area contributed by atoms with Crippen molar-refractivity contribution in [2.75, 3.05) is 13.2 Å². The number of primary amides is 1. The van der Waals surface area contributed by atoms with Crippen LogP contribution in [-0.4, -0.2) is 51.5 Å². The molecule has 2 atom stereocenters. The van der Waals surface area contributed by atoms with Gasteiger partial charge >= 0.3 is 6.36 Å². The molecule has 10 nitrogen and oxygen atoms in total. The van der Waals surface area contributed by atoms with Gasteiger partial charge in [-0.05, 0) is 80.6 Å². The van der Waals surface area contributed by atoms with E-state index in [2.05, 4.69) is 15.0 Å². The van der Waals surface area contributed by atoms with E-state index < -0.39 is 29.3 Å². The number of nitrogens with zero attached hydrogens (tertiary/aromatic N) is 2. The molecule has 4 aromatic rings. The van der Waals surface area contributed by atoms with Crippen molar-refractivity contribution < 1.29 is 42.4 Å². The zero-order chi connectivity index (χ0) is 32.3. The zero-order valence-electron chi connectivity index (χ0n) is 24.2. The first-order valence-electron chi connectivity index (χ1n) is 14.2. The number of carbonyl (C=O) groups excluding carboxylic acids is 2. The van der Waals surface area contributed by atoms with Gasteiger partial charge in [0.15, 0.2) is 17.2 Å². The highest BCUT2D eigenvalue weighted by molar-refractivity contribution is 6.00. The minimum atomic E-state index is -4.99. The number of rotatable bonds is 8. The lowest BCUT2D eigenvalue weighted by Gasteiger charge is -2.22. The van der Waals surface area contributed by atoms with Crippen LogP contribution in [0.1, 0.15) is 52.9 Å². The second kappa shape index (κ2) is 10.8. The third-order valence-electron chi connectivity index (χ3n) is 8.31. The molecule has 1 aliphatic heterocycles. The summed E-state index contributed by atoms with van der Waals surface area (Å²) < 4.78 is 49.7. The maximum Gasteiger partial charge on any atom is 0.573 e. The van der Waals surface area contributed by atoms with Gasteiger partial charge in [0.1, 0.15) is 29.0 Å². The molecule has 1 aliphatic carbocycles. The Morgan fingerprint density at radius 1 is 1.16 bits per heavy atom. The molecule has 0 unspecified atom stereocenters. The predicted molar refractivity (Wildman–Crippen MR) is 156 cm³/mol. The summed E-state index contributed by atoms with van der Waals surface area (Å²) in [4.78, 5) is 34.9. The van der Waals surface area contributed by atoms with E-state index in [1.165, 1.54) is 24.4 Å². The topological polar surface area (TPSA) is 157 Å². The fourth-order valence-electron chi connectivity index (χ4n) is 5.64. The summed E-state index contributed by atoms with van der Waals surface area (Å²) in [5.41, 5.74) is 7.03. The number of fused-ring (bicyclic) bond motifs is 2. The first kappa shape index (κ1) is 30.0. The van der Waals surface area contributed by atoms with Crippen molar-refractivity contribution in [3.63, 3.8) is 0 Å². The summed E-state index contributed by atoms with van der Waals surface area (Å²) in [6.07, 6.45) is -1.87. The van der Waals surface area contributed by atoms with Crippen LogP contribution in [0.25, 0.3) is 22.2 Å². The van der Waals surface area contributed by atoms with Crippen LogP contribution >= 0.6 is 0 Å². The highest BCUT2D eigenvalue weighted by atomic mass is 19.4. The number of nitrogens with two attached hydrogens (primary N) is 1.